The van der Waals surface area contributed by atoms with Crippen LogP contribution in [0, 0.1) is 105 Å². The third-order valence-corrected chi connectivity index (χ3v) is 12.1. The van der Waals surface area contributed by atoms with Crippen molar-refractivity contribution in [3.8, 4) is 0 Å². The molecule has 1 saturated heterocycles. The number of rotatable bonds is 7. The van der Waals surface area contributed by atoms with Crippen LogP contribution in [0.3, 0.4) is 0 Å². The van der Waals surface area contributed by atoms with Crippen LogP contribution in [0.15, 0.2) is 71.8 Å². The van der Waals surface area contributed by atoms with Crippen molar-refractivity contribution in [3.05, 3.63) is 82.9 Å². The second-order valence-corrected chi connectivity index (χ2v) is 15.0. The Morgan fingerprint density at radius 1 is 0.943 bits per heavy atom. The molecule has 10 atom stereocenters. The molecule has 2 aromatic carbocycles. The molecule has 2 aromatic rings. The molecule has 15 heteroatoms. The van der Waals surface area contributed by atoms with E-state index in [0.29, 0.717) is 5.56 Å². The van der Waals surface area contributed by atoms with Gasteiger partial charge in [-0.25, -0.2) is 9.59 Å². The molecular weight excluding hydrogens is 1120 g/mol. The Morgan fingerprint density at radius 2 is 1.55 bits per heavy atom. The average molecular weight is 1160 g/mol. The van der Waals surface area contributed by atoms with Crippen LogP contribution < -0.4 is 5.32 Å². The van der Waals surface area contributed by atoms with E-state index in [1.54, 1.807) is 81.4 Å². The zero-order valence-corrected chi connectivity index (χ0v) is 39.8. The van der Waals surface area contributed by atoms with Crippen molar-refractivity contribution in [2.75, 3.05) is 13.7 Å². The third-order valence-electron chi connectivity index (χ3n) is 12.1. The van der Waals surface area contributed by atoms with E-state index in [9.17, 15) is 39.6 Å². The molecule has 2 bridgehead atoms. The average Bonchev–Trinajstić information content (AvgIpc) is 3.11. The molecule has 2 radical (unpaired) electrons. The van der Waals surface area contributed by atoms with E-state index >= 15 is 0 Å². The molecule has 6 rings (SSSR count). The SMILES string of the molecule is COC(=O)OC(C(=O)OC1CC2(O)CC3[C@]4(O)COC4CC(O)[C@@]3(C)C(=O)C(O)C(=C1C)C2(C)C)C(NC(=O)c1ccccc1)c1ccccc1.[Ac].[Ac]. The zero-order valence-electron chi connectivity index (χ0n) is 30.4. The molecule has 3 aliphatic carbocycles. The maximum absolute atomic E-state index is 14.3. The number of amides is 1. The van der Waals surface area contributed by atoms with E-state index in [0.717, 1.165) is 7.11 Å². The number of ether oxygens (including phenoxy) is 4. The summed E-state index contributed by atoms with van der Waals surface area (Å²) in [7, 11) is 1.06. The van der Waals surface area contributed by atoms with Gasteiger partial charge in [0.05, 0.1) is 36.9 Å². The number of aliphatic hydroxyl groups excluding tert-OH is 2. The van der Waals surface area contributed by atoms with Crippen LogP contribution in [0.2, 0.25) is 0 Å². The fourth-order valence-electron chi connectivity index (χ4n) is 8.73. The van der Waals surface area contributed by atoms with Gasteiger partial charge in [-0.15, -0.1) is 0 Å². The van der Waals surface area contributed by atoms with Crippen molar-refractivity contribution in [3.63, 3.8) is 0 Å². The van der Waals surface area contributed by atoms with Crippen molar-refractivity contribution in [2.24, 2.45) is 16.7 Å². The topological polar surface area (TPSA) is 198 Å². The molecule has 0 spiro atoms. The predicted molar refractivity (Wildman–Crippen MR) is 179 cm³/mol. The van der Waals surface area contributed by atoms with Crippen LogP contribution in [-0.4, -0.2) is 99.7 Å². The first-order chi connectivity index (χ1) is 24.0. The summed E-state index contributed by atoms with van der Waals surface area (Å²) in [6.07, 6.45) is -8.60. The maximum atomic E-state index is 14.3. The molecule has 53 heavy (non-hydrogen) atoms. The molecule has 2 saturated carbocycles. The largest absolute Gasteiger partial charge is 0.508 e. The normalized spacial score (nSPS) is 33.7. The number of hydrogen-bond acceptors (Lipinski definition) is 12. The van der Waals surface area contributed by atoms with Crippen molar-refractivity contribution in [1.29, 1.82) is 0 Å². The van der Waals surface area contributed by atoms with Crippen LogP contribution in [0.25, 0.3) is 0 Å². The summed E-state index contributed by atoms with van der Waals surface area (Å²) in [6, 6.07) is 15.3. The number of nitrogens with one attached hydrogen (secondary N) is 1. The summed E-state index contributed by atoms with van der Waals surface area (Å²) in [5, 5.41) is 50.3. The van der Waals surface area contributed by atoms with E-state index in [2.05, 4.69) is 5.32 Å². The molecule has 4 aliphatic rings. The number of esters is 1. The van der Waals surface area contributed by atoms with Gasteiger partial charge in [-0.05, 0) is 49.1 Å². The number of benzene rings is 2. The Morgan fingerprint density at radius 3 is 2.11 bits per heavy atom. The minimum atomic E-state index is -1.83. The summed E-state index contributed by atoms with van der Waals surface area (Å²) in [4.78, 5) is 54.5. The summed E-state index contributed by atoms with van der Waals surface area (Å²) in [5.74, 6) is -3.42. The molecule has 1 amide bonds. The van der Waals surface area contributed by atoms with Gasteiger partial charge in [-0.1, -0.05) is 62.4 Å². The fraction of sp³-hybridized carbons (Fsp3) is 0.526. The minimum Gasteiger partial charge on any atom is -0.455 e. The molecule has 1 heterocycles. The second-order valence-electron chi connectivity index (χ2n) is 15.0. The molecule has 8 unspecified atom stereocenters. The Labute approximate surface area is 379 Å². The van der Waals surface area contributed by atoms with Gasteiger partial charge in [-0.3, -0.25) is 9.59 Å². The summed E-state index contributed by atoms with van der Waals surface area (Å²) >= 11 is 0. The van der Waals surface area contributed by atoms with Crippen LogP contribution in [-0.2, 0) is 28.5 Å². The molecule has 1 aliphatic heterocycles. The Balaban J connectivity index is 0.00000314. The van der Waals surface area contributed by atoms with Gasteiger partial charge in [0.25, 0.3) is 5.91 Å². The van der Waals surface area contributed by atoms with Crippen LogP contribution in [0.1, 0.15) is 68.9 Å². The van der Waals surface area contributed by atoms with Gasteiger partial charge >= 0.3 is 12.1 Å². The number of fused-ring (bicyclic) bond motifs is 5. The minimum absolute atomic E-state index is 0. The van der Waals surface area contributed by atoms with Crippen molar-refractivity contribution in [2.45, 2.75) is 94.7 Å². The quantitative estimate of drug-likeness (QED) is 0.201. The first kappa shape index (κ1) is 44.5. The van der Waals surface area contributed by atoms with Gasteiger partial charge in [0.1, 0.15) is 23.9 Å². The number of methoxy groups -OCH3 is 1. The van der Waals surface area contributed by atoms with Gasteiger partial charge in [0, 0.05) is 118 Å². The number of aliphatic hydroxyl groups is 4. The first-order valence-corrected chi connectivity index (χ1v) is 17.0. The first-order valence-electron chi connectivity index (χ1n) is 17.0. The Kier molecular flexibility index (Phi) is 14.0. The number of ketones is 1. The summed E-state index contributed by atoms with van der Waals surface area (Å²) in [5.41, 5.74) is -5.18. The zero-order chi connectivity index (χ0) is 37.1. The monoisotopic (exact) mass is 1160 g/mol. The van der Waals surface area contributed by atoms with Gasteiger partial charge in [-0.2, -0.15) is 0 Å². The predicted octanol–water partition coefficient (Wildman–Crippen LogP) is 2.55. The molecule has 0 aromatic heterocycles. The smallest absolute Gasteiger partial charge is 0.455 e. The van der Waals surface area contributed by atoms with Crippen molar-refractivity contribution < 1.29 is 147 Å². The van der Waals surface area contributed by atoms with E-state index in [1.807, 2.05) is 0 Å². The number of carbonyl (C=O) groups is 4. The van der Waals surface area contributed by atoms with Gasteiger partial charge in [0.15, 0.2) is 5.78 Å². The molecule has 13 nitrogen and oxygen atoms in total. The standard InChI is InChI=1S/C38H45NO12.2Ac/c1-20-23(17-37(46)18-24-36(4,25(40)16-26-38(24,47)19-49-26)31(42)29(41)27(20)35(37,2)3)50-33(44)30(51-34(45)48-5)28(21-12-8-6-9-13-21)39-32(43)22-14-10-7-11-15-22;;/h6-15,23-26,28-30,40-41,46-47H,16-19H2,1-5H3,(H,39,43);;/t23?,24?,25?,26?,28?,29?,30?,36-,37?,38+;;/m0../s1. The maximum Gasteiger partial charge on any atom is 0.508 e. The molecular formula is C38H45Ac2NO12. The van der Waals surface area contributed by atoms with Crippen molar-refractivity contribution >= 4 is 23.8 Å². The Bertz CT molecular complexity index is 1740. The van der Waals surface area contributed by atoms with Gasteiger partial charge in [0.2, 0.25) is 6.10 Å². The summed E-state index contributed by atoms with van der Waals surface area (Å²) in [6.45, 7) is 6.32. The van der Waals surface area contributed by atoms with Crippen LogP contribution in [0.5, 0.6) is 0 Å². The Hall–Kier alpha value is -1.26. The molecule has 280 valence electrons. The van der Waals surface area contributed by atoms with Crippen LogP contribution >= 0.6 is 0 Å². The fourth-order valence-corrected chi connectivity index (χ4v) is 8.73. The number of carbonyl (C=O) groups excluding carboxylic acids is 4. The molecule has 3 fully saturated rings. The molecule has 5 N–H and O–H groups in total. The van der Waals surface area contributed by atoms with E-state index in [4.69, 9.17) is 18.9 Å². The van der Waals surface area contributed by atoms with E-state index < -0.39 is 88.3 Å². The third kappa shape index (κ3) is 7.62. The summed E-state index contributed by atoms with van der Waals surface area (Å²) < 4.78 is 21.8. The number of Topliss-reactive ketones (excluding diaryl/α,β-unsaturated/α-hetero) is 1. The number of hydrogen-bond donors (Lipinski definition) is 5. The van der Waals surface area contributed by atoms with E-state index in [1.165, 1.54) is 6.92 Å². The van der Waals surface area contributed by atoms with Crippen LogP contribution in [0.4, 0.5) is 4.79 Å². The second kappa shape index (κ2) is 16.7. The van der Waals surface area contributed by atoms with E-state index in [-0.39, 0.29) is 131 Å². The van der Waals surface area contributed by atoms with Gasteiger partial charge < -0.3 is 44.7 Å². The van der Waals surface area contributed by atoms with Crippen molar-refractivity contribution in [1.82, 2.24) is 5.32 Å².